The van der Waals surface area contributed by atoms with E-state index < -0.39 is 12.1 Å². The predicted octanol–water partition coefficient (Wildman–Crippen LogP) is 2.71. The van der Waals surface area contributed by atoms with Gasteiger partial charge in [-0.3, -0.25) is 0 Å². The fourth-order valence-corrected chi connectivity index (χ4v) is 2.37. The van der Waals surface area contributed by atoms with Crippen molar-refractivity contribution in [3.05, 3.63) is 23.4 Å². The van der Waals surface area contributed by atoms with Crippen LogP contribution < -0.4 is 0 Å². The summed E-state index contributed by atoms with van der Waals surface area (Å²) in [6.45, 7) is 2.17. The van der Waals surface area contributed by atoms with E-state index in [1.165, 1.54) is 11.8 Å². The Morgan fingerprint density at radius 3 is 3.06 bits per heavy atom. The molecular weight excluding hydrogens is 262 g/mol. The molecule has 1 unspecified atom stereocenters. The van der Waals surface area contributed by atoms with Gasteiger partial charge in [0.05, 0.1) is 5.02 Å². The third-order valence-electron chi connectivity index (χ3n) is 1.99. The topological polar surface area (TPSA) is 59.4 Å². The van der Waals surface area contributed by atoms with Crippen molar-refractivity contribution in [2.24, 2.45) is 0 Å². The first-order chi connectivity index (χ1) is 8.15. The Hall–Kier alpha value is -0.780. The van der Waals surface area contributed by atoms with Crippen molar-refractivity contribution in [2.45, 2.75) is 24.5 Å². The number of thioether (sulfide) groups is 1. The molecule has 1 rings (SSSR count). The number of carboxylic acids is 1. The first-order valence-electron chi connectivity index (χ1n) is 5.23. The van der Waals surface area contributed by atoms with Gasteiger partial charge >= 0.3 is 5.97 Å². The molecule has 0 saturated heterocycles. The van der Waals surface area contributed by atoms with Crippen LogP contribution in [0.2, 0.25) is 5.02 Å². The first-order valence-corrected chi connectivity index (χ1v) is 6.59. The van der Waals surface area contributed by atoms with E-state index in [1.54, 1.807) is 25.3 Å². The maximum atomic E-state index is 10.8. The molecule has 0 fully saturated rings. The van der Waals surface area contributed by atoms with Gasteiger partial charge < -0.3 is 9.84 Å². The Labute approximate surface area is 109 Å². The van der Waals surface area contributed by atoms with Crippen molar-refractivity contribution in [3.8, 4) is 0 Å². The summed E-state index contributed by atoms with van der Waals surface area (Å²) >= 11 is 7.36. The largest absolute Gasteiger partial charge is 0.479 e. The van der Waals surface area contributed by atoms with Gasteiger partial charge in [-0.25, -0.2) is 9.78 Å². The fourth-order valence-electron chi connectivity index (χ4n) is 1.22. The molecule has 0 aliphatic carbocycles. The number of carbonyl (C=O) groups is 1. The van der Waals surface area contributed by atoms with E-state index in [2.05, 4.69) is 4.98 Å². The molecule has 6 heteroatoms. The Balaban J connectivity index is 2.41. The zero-order chi connectivity index (χ0) is 12.7. The van der Waals surface area contributed by atoms with E-state index in [0.717, 1.165) is 5.03 Å². The number of pyridine rings is 1. The second-order valence-electron chi connectivity index (χ2n) is 3.21. The molecule has 1 aromatic heterocycles. The van der Waals surface area contributed by atoms with Gasteiger partial charge in [-0.2, -0.15) is 0 Å². The maximum absolute atomic E-state index is 10.8. The molecule has 0 radical (unpaired) electrons. The molecular formula is C11H14ClNO3S. The van der Waals surface area contributed by atoms with Gasteiger partial charge in [0.25, 0.3) is 0 Å². The van der Waals surface area contributed by atoms with Crippen molar-refractivity contribution in [1.29, 1.82) is 0 Å². The van der Waals surface area contributed by atoms with E-state index in [4.69, 9.17) is 21.4 Å². The van der Waals surface area contributed by atoms with Crippen LogP contribution in [-0.4, -0.2) is 34.5 Å². The quantitative estimate of drug-likeness (QED) is 0.776. The molecule has 0 aliphatic heterocycles. The Morgan fingerprint density at radius 2 is 2.47 bits per heavy atom. The SMILES string of the molecule is CCOC(CCSc1ncccc1Cl)C(=O)O. The molecule has 0 aliphatic rings. The summed E-state index contributed by atoms with van der Waals surface area (Å²) in [7, 11) is 0. The van der Waals surface area contributed by atoms with Crippen LogP contribution in [0.5, 0.6) is 0 Å². The van der Waals surface area contributed by atoms with Crippen molar-refractivity contribution in [1.82, 2.24) is 4.98 Å². The van der Waals surface area contributed by atoms with Crippen LogP contribution in [0, 0.1) is 0 Å². The van der Waals surface area contributed by atoms with Gasteiger partial charge in [0.1, 0.15) is 5.03 Å². The number of halogens is 1. The lowest BCUT2D eigenvalue weighted by molar-refractivity contribution is -0.150. The smallest absolute Gasteiger partial charge is 0.332 e. The Bertz CT molecular complexity index is 375. The number of carboxylic acid groups (broad SMARTS) is 1. The van der Waals surface area contributed by atoms with Crippen molar-refractivity contribution in [3.63, 3.8) is 0 Å². The summed E-state index contributed by atoms with van der Waals surface area (Å²) < 4.78 is 5.11. The summed E-state index contributed by atoms with van der Waals surface area (Å²) in [4.78, 5) is 14.9. The lowest BCUT2D eigenvalue weighted by Gasteiger charge is -2.11. The summed E-state index contributed by atoms with van der Waals surface area (Å²) in [5, 5.41) is 10.2. The van der Waals surface area contributed by atoms with Crippen LogP contribution in [0.15, 0.2) is 23.4 Å². The van der Waals surface area contributed by atoms with Gasteiger partial charge in [-0.15, -0.1) is 11.8 Å². The lowest BCUT2D eigenvalue weighted by Crippen LogP contribution is -2.24. The average molecular weight is 276 g/mol. The second-order valence-corrected chi connectivity index (χ2v) is 4.70. The van der Waals surface area contributed by atoms with Crippen molar-refractivity contribution >= 4 is 29.3 Å². The first kappa shape index (κ1) is 14.3. The number of nitrogens with zero attached hydrogens (tertiary/aromatic N) is 1. The predicted molar refractivity (Wildman–Crippen MR) is 67.6 cm³/mol. The minimum Gasteiger partial charge on any atom is -0.479 e. The van der Waals surface area contributed by atoms with Crippen molar-refractivity contribution in [2.75, 3.05) is 12.4 Å². The Morgan fingerprint density at radius 1 is 1.71 bits per heavy atom. The summed E-state index contributed by atoms with van der Waals surface area (Å²) in [6, 6.07) is 3.51. The molecule has 1 atom stereocenters. The zero-order valence-electron chi connectivity index (χ0n) is 9.43. The molecule has 1 heterocycles. The molecule has 0 aromatic carbocycles. The van der Waals surface area contributed by atoms with Gasteiger partial charge in [0.2, 0.25) is 0 Å². The molecule has 1 aromatic rings. The van der Waals surface area contributed by atoms with Crippen LogP contribution in [0.3, 0.4) is 0 Å². The highest BCUT2D eigenvalue weighted by Gasteiger charge is 2.17. The van der Waals surface area contributed by atoms with E-state index in [1.807, 2.05) is 0 Å². The van der Waals surface area contributed by atoms with E-state index in [0.29, 0.717) is 23.8 Å². The van der Waals surface area contributed by atoms with Crippen LogP contribution in [0.25, 0.3) is 0 Å². The molecule has 0 amide bonds. The zero-order valence-corrected chi connectivity index (χ0v) is 11.0. The van der Waals surface area contributed by atoms with E-state index >= 15 is 0 Å². The second kappa shape index (κ2) is 7.53. The van der Waals surface area contributed by atoms with Gasteiger partial charge in [0.15, 0.2) is 6.10 Å². The summed E-state index contributed by atoms with van der Waals surface area (Å²) in [6.07, 6.45) is 1.33. The highest BCUT2D eigenvalue weighted by Crippen LogP contribution is 2.25. The molecule has 4 nitrogen and oxygen atoms in total. The van der Waals surface area contributed by atoms with Crippen LogP contribution in [0.4, 0.5) is 0 Å². The summed E-state index contributed by atoms with van der Waals surface area (Å²) in [5.74, 6) is -0.326. The minimum atomic E-state index is -0.931. The summed E-state index contributed by atoms with van der Waals surface area (Å²) in [5.41, 5.74) is 0. The number of hydrogen-bond acceptors (Lipinski definition) is 4. The third-order valence-corrected chi connectivity index (χ3v) is 3.44. The van der Waals surface area contributed by atoms with E-state index in [-0.39, 0.29) is 0 Å². The standard InChI is InChI=1S/C11H14ClNO3S/c1-2-16-9(11(14)15)5-7-17-10-8(12)4-3-6-13-10/h3-4,6,9H,2,5,7H2,1H3,(H,14,15). The van der Waals surface area contributed by atoms with Gasteiger partial charge in [-0.05, 0) is 25.5 Å². The monoisotopic (exact) mass is 275 g/mol. The highest BCUT2D eigenvalue weighted by atomic mass is 35.5. The third kappa shape index (κ3) is 4.93. The fraction of sp³-hybridized carbons (Fsp3) is 0.455. The average Bonchev–Trinajstić information content (AvgIpc) is 2.30. The number of ether oxygens (including phenoxy) is 1. The number of hydrogen-bond donors (Lipinski definition) is 1. The molecule has 94 valence electrons. The number of aromatic nitrogens is 1. The molecule has 0 bridgehead atoms. The molecule has 1 N–H and O–H groups in total. The number of aliphatic carboxylic acids is 1. The Kier molecular flexibility index (Phi) is 6.32. The van der Waals surface area contributed by atoms with Gasteiger partial charge in [0, 0.05) is 18.6 Å². The van der Waals surface area contributed by atoms with Crippen LogP contribution in [0.1, 0.15) is 13.3 Å². The van der Waals surface area contributed by atoms with Crippen LogP contribution >= 0.6 is 23.4 Å². The maximum Gasteiger partial charge on any atom is 0.332 e. The molecule has 0 spiro atoms. The minimum absolute atomic E-state index is 0.395. The molecule has 17 heavy (non-hydrogen) atoms. The van der Waals surface area contributed by atoms with Crippen molar-refractivity contribution < 1.29 is 14.6 Å². The van der Waals surface area contributed by atoms with Gasteiger partial charge in [-0.1, -0.05) is 11.6 Å². The highest BCUT2D eigenvalue weighted by molar-refractivity contribution is 7.99. The van der Waals surface area contributed by atoms with E-state index in [9.17, 15) is 4.79 Å². The lowest BCUT2D eigenvalue weighted by atomic mass is 10.3. The van der Waals surface area contributed by atoms with Crippen LogP contribution in [-0.2, 0) is 9.53 Å². The normalized spacial score (nSPS) is 12.4. The molecule has 0 saturated carbocycles. The number of rotatable bonds is 7.